The lowest BCUT2D eigenvalue weighted by Gasteiger charge is -2.23. The highest BCUT2D eigenvalue weighted by Crippen LogP contribution is 2.11. The second-order valence-corrected chi connectivity index (χ2v) is 6.41. The molecule has 0 fully saturated rings. The average Bonchev–Trinajstić information content (AvgIpc) is 2.78. The highest BCUT2D eigenvalue weighted by molar-refractivity contribution is 5.74. The van der Waals surface area contributed by atoms with Gasteiger partial charge in [-0.2, -0.15) is 0 Å². The first-order valence-corrected chi connectivity index (χ1v) is 7.29. The Hall–Kier alpha value is -1.39. The molecule has 0 saturated carbocycles. The third-order valence-electron chi connectivity index (χ3n) is 3.40. The minimum Gasteiger partial charge on any atom is -0.329 e. The fourth-order valence-electron chi connectivity index (χ4n) is 2.20. The van der Waals surface area contributed by atoms with Crippen LogP contribution in [0, 0.1) is 0 Å². The molecule has 1 N–H and O–H groups in total. The summed E-state index contributed by atoms with van der Waals surface area (Å²) in [4.78, 5) is 6.78. The minimum absolute atomic E-state index is 0.196. The van der Waals surface area contributed by atoms with Gasteiger partial charge in [0.05, 0.1) is 17.4 Å². The van der Waals surface area contributed by atoms with Gasteiger partial charge in [0.1, 0.15) is 0 Å². The first kappa shape index (κ1) is 15.0. The van der Waals surface area contributed by atoms with E-state index in [2.05, 4.69) is 65.8 Å². The molecule has 0 aliphatic heterocycles. The number of nitrogens with zero attached hydrogens (tertiary/aromatic N) is 3. The summed E-state index contributed by atoms with van der Waals surface area (Å²) < 4.78 is 2.23. The van der Waals surface area contributed by atoms with Crippen LogP contribution in [0.25, 0.3) is 11.0 Å². The van der Waals surface area contributed by atoms with Gasteiger partial charge in [-0.25, -0.2) is 4.98 Å². The highest BCUT2D eigenvalue weighted by atomic mass is 15.2. The van der Waals surface area contributed by atoms with Crippen LogP contribution in [0.15, 0.2) is 30.6 Å². The second-order valence-electron chi connectivity index (χ2n) is 6.41. The number of para-hydroxylation sites is 2. The summed E-state index contributed by atoms with van der Waals surface area (Å²) in [5, 5.41) is 3.51. The lowest BCUT2D eigenvalue weighted by Crippen LogP contribution is -2.41. The summed E-state index contributed by atoms with van der Waals surface area (Å²) in [6, 6.07) is 8.29. The molecule has 4 nitrogen and oxygen atoms in total. The molecule has 0 amide bonds. The largest absolute Gasteiger partial charge is 0.329 e. The predicted molar refractivity (Wildman–Crippen MR) is 85.0 cm³/mol. The maximum atomic E-state index is 4.42. The molecule has 2 rings (SSSR count). The van der Waals surface area contributed by atoms with Crippen LogP contribution in [0.5, 0.6) is 0 Å². The van der Waals surface area contributed by atoms with Gasteiger partial charge in [0.15, 0.2) is 0 Å². The quantitative estimate of drug-likeness (QED) is 0.878. The Bertz CT molecular complexity index is 539. The van der Waals surface area contributed by atoms with Crippen molar-refractivity contribution in [2.24, 2.45) is 0 Å². The number of fused-ring (bicyclic) bond motifs is 1. The van der Waals surface area contributed by atoms with Gasteiger partial charge in [0, 0.05) is 31.7 Å². The summed E-state index contributed by atoms with van der Waals surface area (Å²) in [7, 11) is 2.17. The van der Waals surface area contributed by atoms with E-state index in [0.29, 0.717) is 0 Å². The summed E-state index contributed by atoms with van der Waals surface area (Å²) >= 11 is 0. The number of rotatable bonds is 6. The van der Waals surface area contributed by atoms with Crippen molar-refractivity contribution in [1.82, 2.24) is 19.8 Å². The molecule has 0 bridgehead atoms. The van der Waals surface area contributed by atoms with E-state index in [1.165, 1.54) is 5.52 Å². The number of imidazole rings is 1. The van der Waals surface area contributed by atoms with Gasteiger partial charge in [-0.05, 0) is 40.0 Å². The van der Waals surface area contributed by atoms with E-state index in [-0.39, 0.29) is 5.54 Å². The van der Waals surface area contributed by atoms with E-state index in [4.69, 9.17) is 0 Å². The predicted octanol–water partition coefficient (Wildman–Crippen LogP) is 2.36. The first-order chi connectivity index (χ1) is 9.46. The van der Waals surface area contributed by atoms with Gasteiger partial charge in [0.25, 0.3) is 0 Å². The van der Waals surface area contributed by atoms with Gasteiger partial charge in [-0.1, -0.05) is 12.1 Å². The van der Waals surface area contributed by atoms with Crippen molar-refractivity contribution >= 4 is 11.0 Å². The molecule has 0 aliphatic carbocycles. The summed E-state index contributed by atoms with van der Waals surface area (Å²) in [5.41, 5.74) is 2.49. The van der Waals surface area contributed by atoms with Gasteiger partial charge < -0.3 is 14.8 Å². The van der Waals surface area contributed by atoms with E-state index in [1.807, 2.05) is 12.4 Å². The Kier molecular flexibility index (Phi) is 4.78. The van der Waals surface area contributed by atoms with E-state index in [1.54, 1.807) is 0 Å². The van der Waals surface area contributed by atoms with E-state index >= 15 is 0 Å². The van der Waals surface area contributed by atoms with Crippen molar-refractivity contribution in [2.75, 3.05) is 26.7 Å². The molecule has 0 saturated heterocycles. The molecule has 0 spiro atoms. The average molecular weight is 274 g/mol. The van der Waals surface area contributed by atoms with Crippen molar-refractivity contribution in [3.05, 3.63) is 30.6 Å². The van der Waals surface area contributed by atoms with E-state index in [9.17, 15) is 0 Å². The zero-order chi connectivity index (χ0) is 14.6. The Labute approximate surface area is 121 Å². The number of hydrogen-bond acceptors (Lipinski definition) is 3. The van der Waals surface area contributed by atoms with E-state index in [0.717, 1.165) is 31.7 Å². The van der Waals surface area contributed by atoms with E-state index < -0.39 is 0 Å². The highest BCUT2D eigenvalue weighted by Gasteiger charge is 2.08. The molecule has 20 heavy (non-hydrogen) atoms. The number of aromatic nitrogens is 2. The number of benzene rings is 1. The van der Waals surface area contributed by atoms with Gasteiger partial charge >= 0.3 is 0 Å². The SMILES string of the molecule is CN(CCNC(C)(C)C)CCn1cnc2ccccc21. The van der Waals surface area contributed by atoms with Crippen molar-refractivity contribution < 1.29 is 0 Å². The molecule has 1 aromatic carbocycles. The lowest BCUT2D eigenvalue weighted by atomic mass is 10.1. The molecule has 0 radical (unpaired) electrons. The maximum absolute atomic E-state index is 4.42. The third kappa shape index (κ3) is 4.32. The van der Waals surface area contributed by atoms with Crippen molar-refractivity contribution in [2.45, 2.75) is 32.9 Å². The Morgan fingerprint density at radius 1 is 1.20 bits per heavy atom. The molecule has 110 valence electrons. The standard InChI is InChI=1S/C16H26N4/c1-16(2,3)18-9-10-19(4)11-12-20-13-17-14-7-5-6-8-15(14)20/h5-8,13,18H,9-12H2,1-4H3. The zero-order valence-corrected chi connectivity index (χ0v) is 13.1. The van der Waals surface area contributed by atoms with Crippen molar-refractivity contribution in [1.29, 1.82) is 0 Å². The van der Waals surface area contributed by atoms with Gasteiger partial charge in [0.2, 0.25) is 0 Å². The third-order valence-corrected chi connectivity index (χ3v) is 3.40. The van der Waals surface area contributed by atoms with Crippen LogP contribution < -0.4 is 5.32 Å². The smallest absolute Gasteiger partial charge is 0.0958 e. The molecule has 1 heterocycles. The van der Waals surface area contributed by atoms with Crippen LogP contribution >= 0.6 is 0 Å². The second kappa shape index (κ2) is 6.37. The van der Waals surface area contributed by atoms with Crippen LogP contribution in [0.3, 0.4) is 0 Å². The first-order valence-electron chi connectivity index (χ1n) is 7.29. The molecule has 0 aliphatic rings. The Morgan fingerprint density at radius 2 is 1.95 bits per heavy atom. The fourth-order valence-corrected chi connectivity index (χ4v) is 2.20. The van der Waals surface area contributed by atoms with Gasteiger partial charge in [-0.15, -0.1) is 0 Å². The molecular formula is C16H26N4. The number of hydrogen-bond donors (Lipinski definition) is 1. The summed E-state index contributed by atoms with van der Waals surface area (Å²) in [5.74, 6) is 0. The summed E-state index contributed by atoms with van der Waals surface area (Å²) in [6.45, 7) is 10.7. The van der Waals surface area contributed by atoms with Crippen LogP contribution in [0.4, 0.5) is 0 Å². The van der Waals surface area contributed by atoms with Crippen molar-refractivity contribution in [3.8, 4) is 0 Å². The molecule has 4 heteroatoms. The Balaban J connectivity index is 1.80. The molecule has 2 aromatic rings. The minimum atomic E-state index is 0.196. The molecule has 1 aromatic heterocycles. The normalized spacial score (nSPS) is 12.4. The number of likely N-dealkylation sites (N-methyl/N-ethyl adjacent to an activating group) is 1. The zero-order valence-electron chi connectivity index (χ0n) is 13.1. The number of nitrogens with one attached hydrogen (secondary N) is 1. The lowest BCUT2D eigenvalue weighted by molar-refractivity contribution is 0.300. The molecule has 0 atom stereocenters. The monoisotopic (exact) mass is 274 g/mol. The molecule has 0 unspecified atom stereocenters. The Morgan fingerprint density at radius 3 is 2.70 bits per heavy atom. The molecular weight excluding hydrogens is 248 g/mol. The maximum Gasteiger partial charge on any atom is 0.0958 e. The van der Waals surface area contributed by atoms with Crippen LogP contribution in [0.1, 0.15) is 20.8 Å². The summed E-state index contributed by atoms with van der Waals surface area (Å²) in [6.07, 6.45) is 1.94. The fraction of sp³-hybridized carbons (Fsp3) is 0.562. The van der Waals surface area contributed by atoms with Crippen LogP contribution in [-0.2, 0) is 6.54 Å². The van der Waals surface area contributed by atoms with Crippen LogP contribution in [0.2, 0.25) is 0 Å². The van der Waals surface area contributed by atoms with Crippen LogP contribution in [-0.4, -0.2) is 46.7 Å². The van der Waals surface area contributed by atoms with Crippen molar-refractivity contribution in [3.63, 3.8) is 0 Å². The topological polar surface area (TPSA) is 33.1 Å². The van der Waals surface area contributed by atoms with Gasteiger partial charge in [-0.3, -0.25) is 0 Å².